The van der Waals surface area contributed by atoms with Crippen LogP contribution >= 0.6 is 0 Å². The van der Waals surface area contributed by atoms with Crippen LogP contribution in [0.4, 0.5) is 13.2 Å². The molecule has 1 unspecified atom stereocenters. The molecule has 1 atom stereocenters. The highest BCUT2D eigenvalue weighted by molar-refractivity contribution is 5.69. The Balaban J connectivity index is 1.43. The van der Waals surface area contributed by atoms with Gasteiger partial charge in [0.15, 0.2) is 5.76 Å². The van der Waals surface area contributed by atoms with Crippen molar-refractivity contribution < 1.29 is 22.8 Å². The van der Waals surface area contributed by atoms with E-state index >= 15 is 0 Å². The summed E-state index contributed by atoms with van der Waals surface area (Å²) in [5.74, 6) is 0.536. The smallest absolute Gasteiger partial charge is 0.388 e. The number of hydrogen-bond acceptors (Lipinski definition) is 3. The lowest BCUT2D eigenvalue weighted by Crippen LogP contribution is -2.04. The molecule has 6 heteroatoms. The van der Waals surface area contributed by atoms with Crippen molar-refractivity contribution in [3.05, 3.63) is 101 Å². The van der Waals surface area contributed by atoms with Gasteiger partial charge in [-0.25, -0.2) is 0 Å². The van der Waals surface area contributed by atoms with Gasteiger partial charge in [-0.1, -0.05) is 71.9 Å². The van der Waals surface area contributed by atoms with Gasteiger partial charge in [-0.05, 0) is 55.0 Å². The van der Waals surface area contributed by atoms with Crippen molar-refractivity contribution in [1.82, 2.24) is 5.16 Å². The Hall–Kier alpha value is -3.38. The summed E-state index contributed by atoms with van der Waals surface area (Å²) >= 11 is 0. The van der Waals surface area contributed by atoms with Crippen LogP contribution in [0.5, 0.6) is 0 Å². The Kier molecular flexibility index (Phi) is 6.65. The number of hydrogen-bond donors (Lipinski definition) is 1. The van der Waals surface area contributed by atoms with Crippen LogP contribution in [0.25, 0.3) is 22.5 Å². The summed E-state index contributed by atoms with van der Waals surface area (Å²) in [6.07, 6.45) is -3.49. The average Bonchev–Trinajstić information content (AvgIpc) is 3.21. The first kappa shape index (κ1) is 22.8. The lowest BCUT2D eigenvalue weighted by Gasteiger charge is -2.12. The summed E-state index contributed by atoms with van der Waals surface area (Å²) in [7, 11) is 0. The third-order valence-corrected chi connectivity index (χ3v) is 5.72. The Labute approximate surface area is 190 Å². The number of halogens is 3. The van der Waals surface area contributed by atoms with Crippen LogP contribution in [0, 0.1) is 6.92 Å². The van der Waals surface area contributed by atoms with Gasteiger partial charge in [0.05, 0.1) is 22.9 Å². The Morgan fingerprint density at radius 1 is 0.848 bits per heavy atom. The van der Waals surface area contributed by atoms with Crippen molar-refractivity contribution in [2.45, 2.75) is 38.5 Å². The van der Waals surface area contributed by atoms with Gasteiger partial charge >= 0.3 is 6.18 Å². The third kappa shape index (κ3) is 5.34. The SMILES string of the molecule is Cc1noc(-c2ccc(-c3ccccc3)cc2)c1C(O)CCCc1ccc(C(F)(F)F)cc1. The third-order valence-electron chi connectivity index (χ3n) is 5.72. The summed E-state index contributed by atoms with van der Waals surface area (Å²) in [6, 6.07) is 23.1. The topological polar surface area (TPSA) is 46.3 Å². The fourth-order valence-corrected chi connectivity index (χ4v) is 3.93. The Morgan fingerprint density at radius 2 is 1.45 bits per heavy atom. The van der Waals surface area contributed by atoms with E-state index < -0.39 is 17.8 Å². The highest BCUT2D eigenvalue weighted by Gasteiger charge is 2.30. The number of benzene rings is 3. The van der Waals surface area contributed by atoms with Gasteiger partial charge in [0.1, 0.15) is 0 Å². The molecule has 3 nitrogen and oxygen atoms in total. The van der Waals surface area contributed by atoms with Crippen LogP contribution in [-0.4, -0.2) is 10.3 Å². The summed E-state index contributed by atoms with van der Waals surface area (Å²) < 4.78 is 43.7. The largest absolute Gasteiger partial charge is 0.416 e. The molecule has 0 saturated heterocycles. The zero-order valence-corrected chi connectivity index (χ0v) is 18.1. The molecule has 0 radical (unpaired) electrons. The molecule has 0 amide bonds. The Bertz CT molecular complexity index is 1180. The van der Waals surface area contributed by atoms with Crippen LogP contribution in [0.3, 0.4) is 0 Å². The van der Waals surface area contributed by atoms with Crippen molar-refractivity contribution in [3.63, 3.8) is 0 Å². The second-order valence-electron chi connectivity index (χ2n) is 8.06. The molecule has 0 saturated carbocycles. The molecule has 0 spiro atoms. The number of rotatable bonds is 7. The molecule has 1 N–H and O–H groups in total. The highest BCUT2D eigenvalue weighted by Crippen LogP contribution is 2.34. The molecular formula is C27H24F3NO2. The minimum Gasteiger partial charge on any atom is -0.388 e. The minimum absolute atomic E-state index is 0.443. The van der Waals surface area contributed by atoms with E-state index in [0.29, 0.717) is 36.3 Å². The van der Waals surface area contributed by atoms with Crippen molar-refractivity contribution in [3.8, 4) is 22.5 Å². The molecule has 1 heterocycles. The maximum atomic E-state index is 12.7. The predicted octanol–water partition coefficient (Wildman–Crippen LogP) is 7.39. The maximum Gasteiger partial charge on any atom is 0.416 e. The van der Waals surface area contributed by atoms with E-state index in [1.54, 1.807) is 6.92 Å². The van der Waals surface area contributed by atoms with E-state index in [9.17, 15) is 18.3 Å². The van der Waals surface area contributed by atoms with Crippen LogP contribution in [-0.2, 0) is 12.6 Å². The molecule has 3 aromatic carbocycles. The predicted molar refractivity (Wildman–Crippen MR) is 121 cm³/mol. The molecule has 4 aromatic rings. The summed E-state index contributed by atoms with van der Waals surface area (Å²) in [5, 5.41) is 14.9. The van der Waals surface area contributed by atoms with Crippen LogP contribution in [0.1, 0.15) is 41.3 Å². The molecule has 170 valence electrons. The standard InChI is InChI=1S/C27H24F3NO2/c1-18-25(24(32)9-5-6-19-10-16-23(17-11-19)27(28,29)30)26(33-31-18)22-14-12-21(13-15-22)20-7-3-2-4-8-20/h2-4,7-8,10-17,24,32H,5-6,9H2,1H3. The molecule has 0 aliphatic heterocycles. The monoisotopic (exact) mass is 451 g/mol. The first-order valence-corrected chi connectivity index (χ1v) is 10.8. The molecule has 0 aliphatic rings. The van der Waals surface area contributed by atoms with Gasteiger partial charge in [0.2, 0.25) is 0 Å². The van der Waals surface area contributed by atoms with Crippen LogP contribution in [0.2, 0.25) is 0 Å². The van der Waals surface area contributed by atoms with Crippen molar-refractivity contribution in [1.29, 1.82) is 0 Å². The van der Waals surface area contributed by atoms with Gasteiger partial charge in [0.25, 0.3) is 0 Å². The fraction of sp³-hybridized carbons (Fsp3) is 0.222. The van der Waals surface area contributed by atoms with E-state index in [1.165, 1.54) is 12.1 Å². The molecule has 1 aromatic heterocycles. The maximum absolute atomic E-state index is 12.7. The highest BCUT2D eigenvalue weighted by atomic mass is 19.4. The minimum atomic E-state index is -4.34. The second kappa shape index (κ2) is 9.63. The lowest BCUT2D eigenvalue weighted by molar-refractivity contribution is -0.137. The summed E-state index contributed by atoms with van der Waals surface area (Å²) in [6.45, 7) is 1.79. The number of alkyl halides is 3. The first-order chi connectivity index (χ1) is 15.8. The molecule has 33 heavy (non-hydrogen) atoms. The molecule has 4 rings (SSSR count). The first-order valence-electron chi connectivity index (χ1n) is 10.8. The van der Waals surface area contributed by atoms with E-state index in [-0.39, 0.29) is 0 Å². The van der Waals surface area contributed by atoms with E-state index in [2.05, 4.69) is 5.16 Å². The lowest BCUT2D eigenvalue weighted by atomic mass is 9.96. The van der Waals surface area contributed by atoms with Gasteiger partial charge in [-0.2, -0.15) is 13.2 Å². The molecular weight excluding hydrogens is 427 g/mol. The van der Waals surface area contributed by atoms with E-state index in [4.69, 9.17) is 4.52 Å². The van der Waals surface area contributed by atoms with Crippen molar-refractivity contribution >= 4 is 0 Å². The number of aromatic nitrogens is 1. The average molecular weight is 451 g/mol. The van der Waals surface area contributed by atoms with Crippen LogP contribution < -0.4 is 0 Å². The quantitative estimate of drug-likeness (QED) is 0.319. The zero-order chi connectivity index (χ0) is 23.4. The normalized spacial score (nSPS) is 12.6. The molecule has 0 bridgehead atoms. The second-order valence-corrected chi connectivity index (χ2v) is 8.06. The molecule has 0 fully saturated rings. The van der Waals surface area contributed by atoms with E-state index in [0.717, 1.165) is 34.4 Å². The van der Waals surface area contributed by atoms with E-state index in [1.807, 2.05) is 54.6 Å². The zero-order valence-electron chi connectivity index (χ0n) is 18.1. The Morgan fingerprint density at radius 3 is 2.09 bits per heavy atom. The van der Waals surface area contributed by atoms with Crippen LogP contribution in [0.15, 0.2) is 83.4 Å². The van der Waals surface area contributed by atoms with Gasteiger partial charge in [0, 0.05) is 5.56 Å². The molecule has 0 aliphatic carbocycles. The number of aryl methyl sites for hydroxylation is 2. The van der Waals surface area contributed by atoms with Gasteiger partial charge in [-0.3, -0.25) is 0 Å². The van der Waals surface area contributed by atoms with Crippen molar-refractivity contribution in [2.24, 2.45) is 0 Å². The van der Waals surface area contributed by atoms with Gasteiger partial charge < -0.3 is 9.63 Å². The number of aliphatic hydroxyl groups excluding tert-OH is 1. The summed E-state index contributed by atoms with van der Waals surface area (Å²) in [5.41, 5.74) is 4.43. The fourth-order valence-electron chi connectivity index (χ4n) is 3.93. The number of aliphatic hydroxyl groups is 1. The van der Waals surface area contributed by atoms with Crippen molar-refractivity contribution in [2.75, 3.05) is 0 Å². The van der Waals surface area contributed by atoms with Gasteiger partial charge in [-0.15, -0.1) is 0 Å². The summed E-state index contributed by atoms with van der Waals surface area (Å²) in [4.78, 5) is 0. The number of nitrogens with zero attached hydrogens (tertiary/aromatic N) is 1.